The summed E-state index contributed by atoms with van der Waals surface area (Å²) in [6.45, 7) is 3.73. The number of esters is 1. The lowest BCUT2D eigenvalue weighted by atomic mass is 9.42. The van der Waals surface area contributed by atoms with Crippen LogP contribution in [0.4, 0.5) is 0 Å². The fourth-order valence-corrected chi connectivity index (χ4v) is 12.0. The molecule has 14 atom stereocenters. The number of benzene rings is 1. The number of carbonyl (C=O) groups is 1. The first kappa shape index (κ1) is 30.8. The van der Waals surface area contributed by atoms with E-state index in [0.29, 0.717) is 37.4 Å². The number of likely N-dealkylation sites (tertiary alicyclic amines) is 1. The summed E-state index contributed by atoms with van der Waals surface area (Å²) in [7, 11) is 8.13. The van der Waals surface area contributed by atoms with Gasteiger partial charge in [-0.2, -0.15) is 0 Å². The summed E-state index contributed by atoms with van der Waals surface area (Å²) < 4.78 is 36.2. The maximum absolute atomic E-state index is 13.7. The number of aliphatic hydroxyl groups excluding tert-OH is 1. The van der Waals surface area contributed by atoms with Gasteiger partial charge in [0.2, 0.25) is 0 Å². The number of nitrogens with zero attached hydrogens (tertiary/aromatic N) is 1. The molecule has 5 aliphatic carbocycles. The maximum Gasteiger partial charge on any atom is 0.338 e. The van der Waals surface area contributed by atoms with Gasteiger partial charge in [0.1, 0.15) is 17.5 Å². The van der Waals surface area contributed by atoms with E-state index in [-0.39, 0.29) is 36.8 Å². The lowest BCUT2D eigenvalue weighted by Crippen LogP contribution is -2.79. The van der Waals surface area contributed by atoms with Crippen LogP contribution in [0.15, 0.2) is 24.3 Å². The molecule has 1 heterocycles. The summed E-state index contributed by atoms with van der Waals surface area (Å²) in [5.41, 5.74) is -3.92. The van der Waals surface area contributed by atoms with Crippen LogP contribution in [0.25, 0.3) is 0 Å². The smallest absolute Gasteiger partial charge is 0.338 e. The van der Waals surface area contributed by atoms with Gasteiger partial charge in [0, 0.05) is 82.5 Å². The molecular formula is C33H47NO10. The quantitative estimate of drug-likeness (QED) is 0.344. The van der Waals surface area contributed by atoms with Crippen LogP contribution in [0.5, 0.6) is 5.75 Å². The van der Waals surface area contributed by atoms with Crippen molar-refractivity contribution in [1.29, 1.82) is 0 Å². The second-order valence-corrected chi connectivity index (χ2v) is 14.2. The van der Waals surface area contributed by atoms with Crippen molar-refractivity contribution in [3.05, 3.63) is 29.8 Å². The first-order valence-corrected chi connectivity index (χ1v) is 15.9. The highest BCUT2D eigenvalue weighted by molar-refractivity contribution is 5.89. The zero-order chi connectivity index (χ0) is 31.4. The maximum atomic E-state index is 13.7. The number of ether oxygens (including phenoxy) is 6. The first-order valence-electron chi connectivity index (χ1n) is 15.9. The van der Waals surface area contributed by atoms with Crippen molar-refractivity contribution in [2.24, 2.45) is 34.5 Å². The molecule has 0 radical (unpaired) electrons. The van der Waals surface area contributed by atoms with E-state index >= 15 is 0 Å². The molecule has 1 spiro atoms. The van der Waals surface area contributed by atoms with Gasteiger partial charge >= 0.3 is 5.97 Å². The first-order chi connectivity index (χ1) is 21.1. The molecule has 11 heteroatoms. The average molecular weight is 618 g/mol. The van der Waals surface area contributed by atoms with Crippen LogP contribution >= 0.6 is 0 Å². The average Bonchev–Trinajstić information content (AvgIpc) is 3.41. The van der Waals surface area contributed by atoms with Crippen LogP contribution in [0.3, 0.4) is 0 Å². The number of fused-ring (bicyclic) bond motifs is 2. The summed E-state index contributed by atoms with van der Waals surface area (Å²) in [4.78, 5) is 16.1. The van der Waals surface area contributed by atoms with Gasteiger partial charge in [-0.25, -0.2) is 4.79 Å². The Bertz CT molecular complexity index is 1280. The van der Waals surface area contributed by atoms with Crippen LogP contribution < -0.4 is 4.74 Å². The number of piperidine rings is 1. The molecule has 3 N–H and O–H groups in total. The van der Waals surface area contributed by atoms with Crippen LogP contribution in [0.1, 0.15) is 36.5 Å². The molecule has 7 bridgehead atoms. The van der Waals surface area contributed by atoms with E-state index in [4.69, 9.17) is 28.4 Å². The normalized spacial score (nSPS) is 50.0. The van der Waals surface area contributed by atoms with Crippen molar-refractivity contribution in [2.45, 2.75) is 73.9 Å². The Balaban J connectivity index is 1.42. The summed E-state index contributed by atoms with van der Waals surface area (Å²) in [6.07, 6.45) is -2.51. The molecule has 14 unspecified atom stereocenters. The molecule has 1 saturated heterocycles. The standard InChI is InChI=1S/C33H47NO10/c1-7-34-15-30(16-39-2)20(35)12-21(41-4)33-19-13-31(37)22(42-5)14-32(38,24(27(33)34)25(43-6)26(30)33)23(19)28(31)44-29(36)17-8-10-18(40-3)11-9-17/h8-11,19-28,35,37-38H,7,12-16H2,1-6H3. The van der Waals surface area contributed by atoms with Gasteiger partial charge in [0.05, 0.1) is 49.3 Å². The number of rotatable bonds is 9. The van der Waals surface area contributed by atoms with Gasteiger partial charge in [-0.1, -0.05) is 6.92 Å². The third kappa shape index (κ3) is 3.48. The highest BCUT2D eigenvalue weighted by atomic mass is 16.6. The van der Waals surface area contributed by atoms with Crippen molar-refractivity contribution in [3.63, 3.8) is 0 Å². The van der Waals surface area contributed by atoms with E-state index in [1.807, 2.05) is 0 Å². The Morgan fingerprint density at radius 2 is 1.66 bits per heavy atom. The Morgan fingerprint density at radius 3 is 2.25 bits per heavy atom. The minimum atomic E-state index is -1.54. The van der Waals surface area contributed by atoms with Crippen molar-refractivity contribution < 1.29 is 48.5 Å². The lowest BCUT2D eigenvalue weighted by Gasteiger charge is -2.70. The molecule has 0 amide bonds. The Hall–Kier alpha value is -1.83. The molecule has 6 aliphatic rings. The van der Waals surface area contributed by atoms with Crippen LogP contribution in [-0.2, 0) is 23.7 Å². The Morgan fingerprint density at radius 1 is 0.955 bits per heavy atom. The molecule has 0 aromatic heterocycles. The second kappa shape index (κ2) is 10.3. The summed E-state index contributed by atoms with van der Waals surface area (Å²) >= 11 is 0. The van der Waals surface area contributed by atoms with Gasteiger partial charge < -0.3 is 43.7 Å². The Labute approximate surface area is 258 Å². The summed E-state index contributed by atoms with van der Waals surface area (Å²) in [5, 5.41) is 37.7. The molecule has 11 nitrogen and oxygen atoms in total. The van der Waals surface area contributed by atoms with Crippen LogP contribution in [0.2, 0.25) is 0 Å². The topological polar surface area (TPSA) is 136 Å². The van der Waals surface area contributed by atoms with Crippen molar-refractivity contribution in [1.82, 2.24) is 4.90 Å². The van der Waals surface area contributed by atoms with Crippen LogP contribution in [-0.4, -0.2) is 129 Å². The van der Waals surface area contributed by atoms with Gasteiger partial charge in [-0.3, -0.25) is 4.90 Å². The minimum Gasteiger partial charge on any atom is -0.497 e. The van der Waals surface area contributed by atoms with Crippen LogP contribution in [0, 0.1) is 34.5 Å². The predicted octanol–water partition coefficient (Wildman–Crippen LogP) is 1.12. The van der Waals surface area contributed by atoms with Gasteiger partial charge in [0.25, 0.3) is 0 Å². The highest BCUT2D eigenvalue weighted by Gasteiger charge is 2.89. The summed E-state index contributed by atoms with van der Waals surface area (Å²) in [5.74, 6) is -1.54. The molecule has 7 rings (SSSR count). The number of carbonyl (C=O) groups excluding carboxylic acids is 1. The van der Waals surface area contributed by atoms with Crippen molar-refractivity contribution in [3.8, 4) is 5.75 Å². The van der Waals surface area contributed by atoms with E-state index < -0.39 is 64.3 Å². The Kier molecular flexibility index (Phi) is 7.24. The zero-order valence-corrected chi connectivity index (χ0v) is 26.5. The van der Waals surface area contributed by atoms with E-state index in [1.165, 1.54) is 7.11 Å². The molecule has 5 saturated carbocycles. The van der Waals surface area contributed by atoms with E-state index in [9.17, 15) is 20.1 Å². The van der Waals surface area contributed by atoms with Crippen molar-refractivity contribution in [2.75, 3.05) is 55.2 Å². The zero-order valence-electron chi connectivity index (χ0n) is 26.5. The van der Waals surface area contributed by atoms with E-state index in [0.717, 1.165) is 0 Å². The van der Waals surface area contributed by atoms with E-state index in [2.05, 4.69) is 11.8 Å². The SMILES string of the molecule is CCN1CC2(COC)C(O)CC(OC)C34C5CC6(O)C(OC)CC(O)(C5C6OC(=O)c5ccc(OC)cc5)C(C(OC)C23)C14. The number of hydrogen-bond donors (Lipinski definition) is 3. The summed E-state index contributed by atoms with van der Waals surface area (Å²) in [6, 6.07) is 6.50. The van der Waals surface area contributed by atoms with Gasteiger partial charge in [0.15, 0.2) is 0 Å². The van der Waals surface area contributed by atoms with Gasteiger partial charge in [-0.15, -0.1) is 0 Å². The third-order valence-electron chi connectivity index (χ3n) is 13.1. The highest BCUT2D eigenvalue weighted by Crippen LogP contribution is 2.80. The number of methoxy groups -OCH3 is 5. The molecular weight excluding hydrogens is 570 g/mol. The second-order valence-electron chi connectivity index (χ2n) is 14.2. The minimum absolute atomic E-state index is 0.146. The number of aliphatic hydroxyl groups is 3. The number of hydrogen-bond acceptors (Lipinski definition) is 11. The third-order valence-corrected chi connectivity index (χ3v) is 13.1. The monoisotopic (exact) mass is 617 g/mol. The molecule has 44 heavy (non-hydrogen) atoms. The van der Waals surface area contributed by atoms with Crippen molar-refractivity contribution >= 4 is 5.97 Å². The molecule has 1 aromatic carbocycles. The fourth-order valence-electron chi connectivity index (χ4n) is 12.0. The molecule has 1 aromatic rings. The molecule has 1 aliphatic heterocycles. The van der Waals surface area contributed by atoms with Gasteiger partial charge in [-0.05, 0) is 43.1 Å². The predicted molar refractivity (Wildman–Crippen MR) is 156 cm³/mol. The lowest BCUT2D eigenvalue weighted by molar-refractivity contribution is -0.298. The van der Waals surface area contributed by atoms with E-state index in [1.54, 1.807) is 52.7 Å². The molecule has 244 valence electrons. The largest absolute Gasteiger partial charge is 0.497 e. The molecule has 6 fully saturated rings. The fraction of sp³-hybridized carbons (Fsp3) is 0.788.